The maximum absolute atomic E-state index is 13.0. The first-order chi connectivity index (χ1) is 9.41. The molecule has 4 N–H and O–H groups in total. The van der Waals surface area contributed by atoms with Crippen LogP contribution >= 0.6 is 0 Å². The average Bonchev–Trinajstić information content (AvgIpc) is 2.40. The van der Waals surface area contributed by atoms with Crippen LogP contribution in [0.1, 0.15) is 31.2 Å². The molecule has 3 nitrogen and oxygen atoms in total. The molecule has 2 atom stereocenters. The lowest BCUT2D eigenvalue weighted by Crippen LogP contribution is -2.35. The van der Waals surface area contributed by atoms with Crippen molar-refractivity contribution in [1.29, 1.82) is 0 Å². The predicted molar refractivity (Wildman–Crippen MR) is 72.3 cm³/mol. The van der Waals surface area contributed by atoms with Gasteiger partial charge in [-0.05, 0) is 31.0 Å². The minimum absolute atomic E-state index is 0.00221. The van der Waals surface area contributed by atoms with Gasteiger partial charge in [0.15, 0.2) is 0 Å². The van der Waals surface area contributed by atoms with E-state index in [1.807, 2.05) is 0 Å². The van der Waals surface area contributed by atoms with Crippen molar-refractivity contribution in [2.45, 2.75) is 37.9 Å². The Hall–Kier alpha value is -1.43. The maximum atomic E-state index is 13.0. The van der Waals surface area contributed by atoms with Crippen molar-refractivity contribution in [3.63, 3.8) is 0 Å². The van der Waals surface area contributed by atoms with Gasteiger partial charge in [0.1, 0.15) is 0 Å². The first kappa shape index (κ1) is 15.0. The Bertz CT molecular complexity index is 462. The number of nitrogen functional groups attached to an aromatic ring is 1. The molecule has 0 radical (unpaired) electrons. The highest BCUT2D eigenvalue weighted by atomic mass is 19.4. The molecular weight excluding hydrogens is 269 g/mol. The van der Waals surface area contributed by atoms with Crippen molar-refractivity contribution in [3.05, 3.63) is 23.8 Å². The number of aliphatic hydroxyl groups excluding tert-OH is 1. The molecule has 0 aromatic heterocycles. The molecule has 2 unspecified atom stereocenters. The third kappa shape index (κ3) is 3.36. The molecule has 20 heavy (non-hydrogen) atoms. The SMILES string of the molecule is Nc1ccc(NC2CCCCC2CO)c(C(F)(F)F)c1. The van der Waals surface area contributed by atoms with Crippen LogP contribution in [-0.2, 0) is 6.18 Å². The van der Waals surface area contributed by atoms with Crippen molar-refractivity contribution >= 4 is 11.4 Å². The molecule has 0 saturated heterocycles. The fourth-order valence-electron chi connectivity index (χ4n) is 2.74. The fourth-order valence-corrected chi connectivity index (χ4v) is 2.74. The Kier molecular flexibility index (Phi) is 4.42. The number of hydrogen-bond donors (Lipinski definition) is 3. The van der Waals surface area contributed by atoms with E-state index >= 15 is 0 Å². The number of halogens is 3. The van der Waals surface area contributed by atoms with Crippen LogP contribution in [0.15, 0.2) is 18.2 Å². The van der Waals surface area contributed by atoms with E-state index in [0.717, 1.165) is 31.7 Å². The summed E-state index contributed by atoms with van der Waals surface area (Å²) in [5, 5.41) is 12.3. The highest BCUT2D eigenvalue weighted by Gasteiger charge is 2.35. The predicted octanol–water partition coefficient (Wildman–Crippen LogP) is 3.25. The summed E-state index contributed by atoms with van der Waals surface area (Å²) in [6.07, 6.45) is -0.861. The topological polar surface area (TPSA) is 58.3 Å². The molecular formula is C14H19F3N2O. The number of anilines is 2. The summed E-state index contributed by atoms with van der Waals surface area (Å²) in [6, 6.07) is 3.63. The van der Waals surface area contributed by atoms with Crippen molar-refractivity contribution < 1.29 is 18.3 Å². The third-order valence-corrected chi connectivity index (χ3v) is 3.83. The smallest absolute Gasteiger partial charge is 0.399 e. The summed E-state index contributed by atoms with van der Waals surface area (Å²) >= 11 is 0. The van der Waals surface area contributed by atoms with E-state index in [4.69, 9.17) is 5.73 Å². The minimum Gasteiger partial charge on any atom is -0.399 e. The summed E-state index contributed by atoms with van der Waals surface area (Å²) < 4.78 is 39.0. The molecule has 1 fully saturated rings. The van der Waals surface area contributed by atoms with Gasteiger partial charge in [-0.25, -0.2) is 0 Å². The number of nitrogens with two attached hydrogens (primary N) is 1. The van der Waals surface area contributed by atoms with Gasteiger partial charge in [-0.15, -0.1) is 0 Å². The van der Waals surface area contributed by atoms with Gasteiger partial charge in [0.25, 0.3) is 0 Å². The number of rotatable bonds is 3. The number of nitrogens with one attached hydrogen (secondary N) is 1. The second-order valence-corrected chi connectivity index (χ2v) is 5.28. The van der Waals surface area contributed by atoms with Gasteiger partial charge in [-0.3, -0.25) is 0 Å². The summed E-state index contributed by atoms with van der Waals surface area (Å²) in [5.74, 6) is 0.00221. The lowest BCUT2D eigenvalue weighted by atomic mass is 9.85. The van der Waals surface area contributed by atoms with Crippen LogP contribution < -0.4 is 11.1 Å². The van der Waals surface area contributed by atoms with Crippen molar-refractivity contribution in [2.75, 3.05) is 17.7 Å². The number of hydrogen-bond acceptors (Lipinski definition) is 3. The molecule has 6 heteroatoms. The van der Waals surface area contributed by atoms with E-state index in [0.29, 0.717) is 0 Å². The second kappa shape index (κ2) is 5.91. The summed E-state index contributed by atoms with van der Waals surface area (Å²) in [4.78, 5) is 0. The summed E-state index contributed by atoms with van der Waals surface area (Å²) in [7, 11) is 0. The molecule has 1 aromatic rings. The molecule has 112 valence electrons. The van der Waals surface area contributed by atoms with Crippen LogP contribution in [0.2, 0.25) is 0 Å². The quantitative estimate of drug-likeness (QED) is 0.748. The van der Waals surface area contributed by atoms with E-state index < -0.39 is 11.7 Å². The Morgan fingerprint density at radius 2 is 1.95 bits per heavy atom. The molecule has 2 rings (SSSR count). The largest absolute Gasteiger partial charge is 0.418 e. The normalized spacial score (nSPS) is 23.6. The number of aliphatic hydroxyl groups is 1. The Labute approximate surface area is 116 Å². The first-order valence-corrected chi connectivity index (χ1v) is 6.76. The Balaban J connectivity index is 2.24. The van der Waals surface area contributed by atoms with Crippen LogP contribution in [0.3, 0.4) is 0 Å². The van der Waals surface area contributed by atoms with Crippen LogP contribution in [0.4, 0.5) is 24.5 Å². The van der Waals surface area contributed by atoms with Gasteiger partial charge in [0.05, 0.1) is 5.56 Å². The monoisotopic (exact) mass is 288 g/mol. The van der Waals surface area contributed by atoms with Gasteiger partial charge in [0.2, 0.25) is 0 Å². The van der Waals surface area contributed by atoms with Crippen LogP contribution in [0.25, 0.3) is 0 Å². The molecule has 1 aliphatic rings. The molecule has 1 aliphatic carbocycles. The molecule has 1 aromatic carbocycles. The zero-order chi connectivity index (χ0) is 14.8. The molecule has 0 bridgehead atoms. The van der Waals surface area contributed by atoms with Gasteiger partial charge in [-0.2, -0.15) is 13.2 Å². The van der Waals surface area contributed by atoms with Crippen LogP contribution in [0.5, 0.6) is 0 Å². The van der Waals surface area contributed by atoms with E-state index in [1.165, 1.54) is 12.1 Å². The zero-order valence-corrected chi connectivity index (χ0v) is 11.1. The Morgan fingerprint density at radius 1 is 1.25 bits per heavy atom. The maximum Gasteiger partial charge on any atom is 0.418 e. The van der Waals surface area contributed by atoms with Gasteiger partial charge < -0.3 is 16.2 Å². The fraction of sp³-hybridized carbons (Fsp3) is 0.571. The summed E-state index contributed by atoms with van der Waals surface area (Å²) in [5.41, 5.74) is 4.82. The van der Waals surface area contributed by atoms with Gasteiger partial charge >= 0.3 is 6.18 Å². The van der Waals surface area contributed by atoms with Gasteiger partial charge in [0, 0.05) is 29.9 Å². The highest BCUT2D eigenvalue weighted by molar-refractivity contribution is 5.59. The third-order valence-electron chi connectivity index (χ3n) is 3.83. The van der Waals surface area contributed by atoms with Gasteiger partial charge in [-0.1, -0.05) is 12.8 Å². The standard InChI is InChI=1S/C14H19F3N2O/c15-14(16,17)11-7-10(18)5-6-13(11)19-12-4-2-1-3-9(12)8-20/h5-7,9,12,19-20H,1-4,8,18H2. The van der Waals surface area contributed by atoms with Crippen LogP contribution in [0, 0.1) is 5.92 Å². The lowest BCUT2D eigenvalue weighted by Gasteiger charge is -2.32. The van der Waals surface area contributed by atoms with E-state index in [1.54, 1.807) is 0 Å². The first-order valence-electron chi connectivity index (χ1n) is 6.76. The molecule has 0 amide bonds. The van der Waals surface area contributed by atoms with Crippen molar-refractivity contribution in [1.82, 2.24) is 0 Å². The minimum atomic E-state index is -4.44. The zero-order valence-electron chi connectivity index (χ0n) is 11.1. The second-order valence-electron chi connectivity index (χ2n) is 5.28. The van der Waals surface area contributed by atoms with E-state index in [-0.39, 0.29) is 29.9 Å². The van der Waals surface area contributed by atoms with E-state index in [9.17, 15) is 18.3 Å². The summed E-state index contributed by atoms with van der Waals surface area (Å²) in [6.45, 7) is -0.00596. The lowest BCUT2D eigenvalue weighted by molar-refractivity contribution is -0.136. The molecule has 0 aliphatic heterocycles. The number of benzene rings is 1. The van der Waals surface area contributed by atoms with Crippen molar-refractivity contribution in [3.8, 4) is 0 Å². The number of alkyl halides is 3. The molecule has 0 spiro atoms. The van der Waals surface area contributed by atoms with Crippen molar-refractivity contribution in [2.24, 2.45) is 5.92 Å². The van der Waals surface area contributed by atoms with E-state index in [2.05, 4.69) is 5.32 Å². The Morgan fingerprint density at radius 3 is 2.60 bits per heavy atom. The molecule has 1 saturated carbocycles. The molecule has 0 heterocycles. The highest BCUT2D eigenvalue weighted by Crippen LogP contribution is 2.37. The average molecular weight is 288 g/mol. The van der Waals surface area contributed by atoms with Crippen LogP contribution in [-0.4, -0.2) is 17.8 Å².